The van der Waals surface area contributed by atoms with Crippen molar-refractivity contribution in [1.82, 2.24) is 9.97 Å². The summed E-state index contributed by atoms with van der Waals surface area (Å²) >= 11 is 3.81. The predicted octanol–water partition coefficient (Wildman–Crippen LogP) is 3.87. The summed E-state index contributed by atoms with van der Waals surface area (Å²) in [7, 11) is 1.57. The zero-order valence-electron chi connectivity index (χ0n) is 13.0. The predicted molar refractivity (Wildman–Crippen MR) is 97.8 cm³/mol. The fourth-order valence-electron chi connectivity index (χ4n) is 1.94. The third-order valence-corrected chi connectivity index (χ3v) is 5.74. The van der Waals surface area contributed by atoms with E-state index in [4.69, 9.17) is 10.5 Å². The van der Waals surface area contributed by atoms with Crippen LogP contribution in [0.5, 0.6) is 0 Å². The molecular formula is C15H13FN4O2S3. The van der Waals surface area contributed by atoms with Crippen LogP contribution in [0.25, 0.3) is 0 Å². The molecule has 0 fully saturated rings. The Hall–Kier alpha value is -2.01. The largest absolute Gasteiger partial charge is 0.398 e. The van der Waals surface area contributed by atoms with Gasteiger partial charge in [0.05, 0.1) is 22.8 Å². The van der Waals surface area contributed by atoms with Crippen molar-refractivity contribution in [1.29, 1.82) is 0 Å². The number of rotatable bonds is 6. The molecule has 10 heteroatoms. The Kier molecular flexibility index (Phi) is 5.63. The zero-order valence-corrected chi connectivity index (χ0v) is 15.4. The summed E-state index contributed by atoms with van der Waals surface area (Å²) in [6.07, 6.45) is 1.63. The van der Waals surface area contributed by atoms with E-state index in [1.165, 1.54) is 28.7 Å². The second kappa shape index (κ2) is 7.91. The fourth-order valence-corrected chi connectivity index (χ4v) is 4.25. The van der Waals surface area contributed by atoms with E-state index in [1.54, 1.807) is 24.1 Å². The number of anilines is 2. The van der Waals surface area contributed by atoms with Gasteiger partial charge in [-0.05, 0) is 12.1 Å². The van der Waals surface area contributed by atoms with E-state index in [0.717, 1.165) is 23.5 Å². The van der Waals surface area contributed by atoms with Gasteiger partial charge in [-0.25, -0.2) is 14.4 Å². The molecule has 0 unspecified atom stereocenters. The van der Waals surface area contributed by atoms with Crippen molar-refractivity contribution in [2.45, 2.75) is 15.8 Å². The molecule has 2 heterocycles. The molecule has 0 aliphatic carbocycles. The Labute approximate surface area is 155 Å². The van der Waals surface area contributed by atoms with Crippen LogP contribution < -0.4 is 11.1 Å². The topological polar surface area (TPSA) is 90.1 Å². The van der Waals surface area contributed by atoms with Crippen LogP contribution in [0.3, 0.4) is 0 Å². The SMILES string of the molecule is COCc1csc(NC(=O)c2cc(Sc3nccs3)c(F)cc2N)n1. The molecule has 1 aromatic carbocycles. The van der Waals surface area contributed by atoms with Crippen molar-refractivity contribution >= 4 is 51.2 Å². The van der Waals surface area contributed by atoms with Crippen LogP contribution in [0.1, 0.15) is 16.1 Å². The van der Waals surface area contributed by atoms with Gasteiger partial charge in [-0.15, -0.1) is 22.7 Å². The number of hydrogen-bond donors (Lipinski definition) is 2. The quantitative estimate of drug-likeness (QED) is 0.615. The first-order chi connectivity index (χ1) is 12.1. The highest BCUT2D eigenvalue weighted by Crippen LogP contribution is 2.33. The molecule has 0 bridgehead atoms. The van der Waals surface area contributed by atoms with Crippen LogP contribution in [0.2, 0.25) is 0 Å². The summed E-state index contributed by atoms with van der Waals surface area (Å²) in [4.78, 5) is 21.1. The second-order valence-electron chi connectivity index (χ2n) is 4.80. The van der Waals surface area contributed by atoms with Crippen LogP contribution in [0, 0.1) is 5.82 Å². The number of aromatic nitrogens is 2. The average Bonchev–Trinajstić information content (AvgIpc) is 3.22. The number of thiazole rings is 2. The summed E-state index contributed by atoms with van der Waals surface area (Å²) in [6.45, 7) is 0.361. The van der Waals surface area contributed by atoms with Crippen molar-refractivity contribution in [3.05, 3.63) is 46.2 Å². The lowest BCUT2D eigenvalue weighted by atomic mass is 10.1. The summed E-state index contributed by atoms with van der Waals surface area (Å²) in [5, 5.41) is 6.68. The zero-order chi connectivity index (χ0) is 17.8. The summed E-state index contributed by atoms with van der Waals surface area (Å²) in [5.74, 6) is -0.942. The van der Waals surface area contributed by atoms with Crippen molar-refractivity contribution < 1.29 is 13.9 Å². The Morgan fingerprint density at radius 3 is 3.00 bits per heavy atom. The van der Waals surface area contributed by atoms with Crippen molar-refractivity contribution in [3.63, 3.8) is 0 Å². The lowest BCUT2D eigenvalue weighted by molar-refractivity contribution is 0.102. The van der Waals surface area contributed by atoms with Crippen LogP contribution in [0.4, 0.5) is 15.2 Å². The van der Waals surface area contributed by atoms with Gasteiger partial charge in [0, 0.05) is 29.8 Å². The van der Waals surface area contributed by atoms with E-state index in [1.807, 2.05) is 0 Å². The van der Waals surface area contributed by atoms with Gasteiger partial charge >= 0.3 is 0 Å². The van der Waals surface area contributed by atoms with Gasteiger partial charge in [-0.3, -0.25) is 10.1 Å². The first-order valence-corrected chi connectivity index (χ1v) is 9.55. The smallest absolute Gasteiger partial charge is 0.259 e. The third-order valence-electron chi connectivity index (χ3n) is 3.02. The highest BCUT2D eigenvalue weighted by molar-refractivity contribution is 8.01. The molecule has 3 N–H and O–H groups in total. The summed E-state index contributed by atoms with van der Waals surface area (Å²) in [6, 6.07) is 2.57. The molecule has 0 atom stereocenters. The number of methoxy groups -OCH3 is 1. The van der Waals surface area contributed by atoms with E-state index in [2.05, 4.69) is 15.3 Å². The normalized spacial score (nSPS) is 10.8. The van der Waals surface area contributed by atoms with E-state index < -0.39 is 11.7 Å². The molecule has 130 valence electrons. The van der Waals surface area contributed by atoms with Crippen LogP contribution >= 0.6 is 34.4 Å². The maximum atomic E-state index is 14.1. The third kappa shape index (κ3) is 4.34. The van der Waals surface area contributed by atoms with Crippen molar-refractivity contribution in [3.8, 4) is 0 Å². The van der Waals surface area contributed by atoms with E-state index in [-0.39, 0.29) is 16.1 Å². The number of nitrogens with zero attached hydrogens (tertiary/aromatic N) is 2. The number of nitrogens with one attached hydrogen (secondary N) is 1. The van der Waals surface area contributed by atoms with Gasteiger partial charge in [0.25, 0.3) is 5.91 Å². The first-order valence-electron chi connectivity index (χ1n) is 6.98. The van der Waals surface area contributed by atoms with Gasteiger partial charge in [-0.2, -0.15) is 0 Å². The highest BCUT2D eigenvalue weighted by atomic mass is 32.2. The molecular weight excluding hydrogens is 383 g/mol. The monoisotopic (exact) mass is 396 g/mol. The van der Waals surface area contributed by atoms with E-state index in [9.17, 15) is 9.18 Å². The van der Waals surface area contributed by atoms with Crippen molar-refractivity contribution in [2.75, 3.05) is 18.2 Å². The summed E-state index contributed by atoms with van der Waals surface area (Å²) in [5.41, 5.74) is 6.77. The van der Waals surface area contributed by atoms with Crippen molar-refractivity contribution in [2.24, 2.45) is 0 Å². The highest BCUT2D eigenvalue weighted by Gasteiger charge is 2.17. The minimum Gasteiger partial charge on any atom is -0.398 e. The molecule has 6 nitrogen and oxygen atoms in total. The van der Waals surface area contributed by atoms with Gasteiger partial charge < -0.3 is 10.5 Å². The molecule has 0 saturated carbocycles. The molecule has 25 heavy (non-hydrogen) atoms. The maximum absolute atomic E-state index is 14.1. The molecule has 0 radical (unpaired) electrons. The van der Waals surface area contributed by atoms with Crippen LogP contribution in [-0.4, -0.2) is 23.0 Å². The number of ether oxygens (including phenoxy) is 1. The Balaban J connectivity index is 1.81. The number of halogens is 1. The lowest BCUT2D eigenvalue weighted by Gasteiger charge is -2.08. The molecule has 0 aliphatic heterocycles. The van der Waals surface area contributed by atoms with E-state index >= 15 is 0 Å². The molecule has 0 aliphatic rings. The van der Waals surface area contributed by atoms with Crippen LogP contribution in [0.15, 0.2) is 38.3 Å². The number of carbonyl (C=O) groups excluding carboxylic acids is 1. The van der Waals surface area contributed by atoms with E-state index in [0.29, 0.717) is 16.1 Å². The van der Waals surface area contributed by atoms with Gasteiger partial charge in [0.15, 0.2) is 9.47 Å². The minimum absolute atomic E-state index is 0.0622. The Morgan fingerprint density at radius 1 is 1.44 bits per heavy atom. The number of nitrogen functional groups attached to an aromatic ring is 1. The lowest BCUT2D eigenvalue weighted by Crippen LogP contribution is -2.14. The molecule has 1 amide bonds. The Bertz CT molecular complexity index is 883. The van der Waals surface area contributed by atoms with Gasteiger partial charge in [0.1, 0.15) is 5.82 Å². The Morgan fingerprint density at radius 2 is 2.28 bits per heavy atom. The molecule has 2 aromatic heterocycles. The number of hydrogen-bond acceptors (Lipinski definition) is 8. The number of amides is 1. The molecule has 3 aromatic rings. The second-order valence-corrected chi connectivity index (χ2v) is 7.84. The molecule has 0 spiro atoms. The number of benzene rings is 1. The average molecular weight is 396 g/mol. The first kappa shape index (κ1) is 17.8. The molecule has 0 saturated heterocycles. The fraction of sp³-hybridized carbons (Fsp3) is 0.133. The standard InChI is InChI=1S/C15H13FN4O2S3/c1-22-6-8-7-24-14(19-8)20-13(21)9-4-12(10(16)5-11(9)17)25-15-18-2-3-23-15/h2-5,7H,6,17H2,1H3,(H,19,20,21). The number of nitrogens with two attached hydrogens (primary N) is 1. The molecule has 3 rings (SSSR count). The minimum atomic E-state index is -0.495. The van der Waals surface area contributed by atoms with Crippen LogP contribution in [-0.2, 0) is 11.3 Å². The summed E-state index contributed by atoms with van der Waals surface area (Å²) < 4.78 is 19.8. The maximum Gasteiger partial charge on any atom is 0.259 e. The number of carbonyl (C=O) groups is 1. The van der Waals surface area contributed by atoms with Gasteiger partial charge in [-0.1, -0.05) is 11.8 Å². The van der Waals surface area contributed by atoms with Gasteiger partial charge in [0.2, 0.25) is 0 Å².